The van der Waals surface area contributed by atoms with Crippen molar-refractivity contribution in [2.24, 2.45) is 0 Å². The topological polar surface area (TPSA) is 72.2 Å². The second-order valence-electron chi connectivity index (χ2n) is 5.12. The average Bonchev–Trinajstić information content (AvgIpc) is 3.07. The number of halogens is 1. The van der Waals surface area contributed by atoms with Crippen LogP contribution in [0.3, 0.4) is 0 Å². The first kappa shape index (κ1) is 15.7. The second-order valence-corrected chi connectivity index (χ2v) is 6.63. The zero-order valence-electron chi connectivity index (χ0n) is 12.0. The van der Waals surface area contributed by atoms with Crippen LogP contribution < -0.4 is 5.32 Å². The number of hydrogen-bond donors (Lipinski definition) is 1. The molecular formula is C16H13ClN2O3S. The van der Waals surface area contributed by atoms with Crippen LogP contribution in [0.15, 0.2) is 36.7 Å². The Hall–Kier alpha value is -2.18. The molecule has 7 heteroatoms. The average molecular weight is 349 g/mol. The van der Waals surface area contributed by atoms with Gasteiger partial charge in [0.05, 0.1) is 21.7 Å². The highest BCUT2D eigenvalue weighted by Crippen LogP contribution is 2.40. The molecule has 0 saturated carbocycles. The smallest absolute Gasteiger partial charge is 0.250 e. The van der Waals surface area contributed by atoms with Crippen LogP contribution in [0, 0.1) is 10.1 Å². The van der Waals surface area contributed by atoms with E-state index < -0.39 is 4.92 Å². The Bertz CT molecular complexity index is 814. The molecule has 0 bridgehead atoms. The number of fused-ring (bicyclic) bond motifs is 1. The lowest BCUT2D eigenvalue weighted by atomic mass is 10.0. The molecule has 118 valence electrons. The molecule has 0 unspecified atom stereocenters. The molecule has 0 aliphatic heterocycles. The van der Waals surface area contributed by atoms with Gasteiger partial charge in [-0.15, -0.1) is 11.3 Å². The zero-order chi connectivity index (χ0) is 16.4. The summed E-state index contributed by atoms with van der Waals surface area (Å²) in [4.78, 5) is 24.0. The van der Waals surface area contributed by atoms with Gasteiger partial charge in [0.15, 0.2) is 5.78 Å². The van der Waals surface area contributed by atoms with Gasteiger partial charge in [0, 0.05) is 10.4 Å². The van der Waals surface area contributed by atoms with Gasteiger partial charge in [-0.1, -0.05) is 23.7 Å². The van der Waals surface area contributed by atoms with Gasteiger partial charge in [-0.25, -0.2) is 0 Å². The van der Waals surface area contributed by atoms with E-state index in [1.807, 2.05) is 0 Å². The molecule has 1 N–H and O–H groups in total. The Morgan fingerprint density at radius 2 is 2.13 bits per heavy atom. The molecule has 2 aromatic rings. The van der Waals surface area contributed by atoms with E-state index >= 15 is 0 Å². The van der Waals surface area contributed by atoms with E-state index in [4.69, 9.17) is 11.6 Å². The van der Waals surface area contributed by atoms with Gasteiger partial charge < -0.3 is 5.32 Å². The summed E-state index contributed by atoms with van der Waals surface area (Å²) in [6, 6.07) is 6.92. The molecule has 0 atom stereocenters. The second kappa shape index (κ2) is 6.52. The summed E-state index contributed by atoms with van der Waals surface area (Å²) in [5.41, 5.74) is 2.07. The number of hydrogen-bond acceptors (Lipinski definition) is 5. The van der Waals surface area contributed by atoms with Crippen molar-refractivity contribution in [2.75, 3.05) is 5.32 Å². The Labute approximate surface area is 141 Å². The Morgan fingerprint density at radius 1 is 1.35 bits per heavy atom. The number of thiophene rings is 1. The fraction of sp³-hybridized carbons (Fsp3) is 0.188. The molecule has 3 rings (SSSR count). The predicted molar refractivity (Wildman–Crippen MR) is 91.0 cm³/mol. The van der Waals surface area contributed by atoms with E-state index in [2.05, 4.69) is 5.32 Å². The summed E-state index contributed by atoms with van der Waals surface area (Å²) < 4.78 is 0. The first-order chi connectivity index (χ1) is 11.1. The van der Waals surface area contributed by atoms with Crippen LogP contribution in [0.4, 0.5) is 5.00 Å². The van der Waals surface area contributed by atoms with Gasteiger partial charge in [0.2, 0.25) is 6.20 Å². The number of rotatable bonds is 5. The maximum absolute atomic E-state index is 12.9. The van der Waals surface area contributed by atoms with E-state index in [1.54, 1.807) is 24.3 Å². The molecule has 0 saturated heterocycles. The van der Waals surface area contributed by atoms with Crippen molar-refractivity contribution in [3.63, 3.8) is 0 Å². The lowest BCUT2D eigenvalue weighted by Crippen LogP contribution is -2.06. The highest BCUT2D eigenvalue weighted by molar-refractivity contribution is 7.16. The molecule has 1 heterocycles. The summed E-state index contributed by atoms with van der Waals surface area (Å²) in [6.45, 7) is 0. The largest absolute Gasteiger partial charge is 0.348 e. The third-order valence-corrected chi connectivity index (χ3v) is 5.23. The van der Waals surface area contributed by atoms with Crippen molar-refractivity contribution >= 4 is 33.7 Å². The minimum Gasteiger partial charge on any atom is -0.348 e. The van der Waals surface area contributed by atoms with Crippen LogP contribution in [-0.4, -0.2) is 10.7 Å². The lowest BCUT2D eigenvalue weighted by Gasteiger charge is -2.07. The molecular weight excluding hydrogens is 336 g/mol. The molecule has 1 aliphatic rings. The maximum Gasteiger partial charge on any atom is 0.250 e. The minimum absolute atomic E-state index is 0.146. The van der Waals surface area contributed by atoms with Crippen LogP contribution in [0.5, 0.6) is 0 Å². The number of carbonyl (C=O) groups is 1. The Morgan fingerprint density at radius 3 is 2.87 bits per heavy atom. The Balaban J connectivity index is 2.02. The monoisotopic (exact) mass is 348 g/mol. The molecule has 23 heavy (non-hydrogen) atoms. The van der Waals surface area contributed by atoms with Crippen molar-refractivity contribution in [2.45, 2.75) is 19.3 Å². The molecule has 0 amide bonds. The summed E-state index contributed by atoms with van der Waals surface area (Å²) in [5, 5.41) is 14.3. The normalized spacial score (nSPS) is 13.3. The molecule has 0 radical (unpaired) electrons. The van der Waals surface area contributed by atoms with Crippen molar-refractivity contribution in [3.8, 4) is 0 Å². The van der Waals surface area contributed by atoms with Crippen molar-refractivity contribution in [1.82, 2.24) is 0 Å². The molecule has 1 aromatic heterocycles. The third-order valence-electron chi connectivity index (χ3n) is 3.68. The highest BCUT2D eigenvalue weighted by atomic mass is 35.5. The first-order valence-electron chi connectivity index (χ1n) is 7.08. The van der Waals surface area contributed by atoms with Crippen molar-refractivity contribution in [1.29, 1.82) is 0 Å². The van der Waals surface area contributed by atoms with Crippen molar-refractivity contribution in [3.05, 3.63) is 73.4 Å². The zero-order valence-corrected chi connectivity index (χ0v) is 13.6. The fourth-order valence-electron chi connectivity index (χ4n) is 2.70. The summed E-state index contributed by atoms with van der Waals surface area (Å²) in [7, 11) is 0. The molecule has 0 spiro atoms. The van der Waals surface area contributed by atoms with E-state index in [9.17, 15) is 14.9 Å². The van der Waals surface area contributed by atoms with Crippen molar-refractivity contribution < 1.29 is 9.72 Å². The number of nitrogens with zero attached hydrogens (tertiary/aromatic N) is 1. The van der Waals surface area contributed by atoms with E-state index in [0.717, 1.165) is 35.9 Å². The molecule has 5 nitrogen and oxygen atoms in total. The summed E-state index contributed by atoms with van der Waals surface area (Å²) in [6.07, 6.45) is 4.86. The third kappa shape index (κ3) is 3.13. The van der Waals surface area contributed by atoms with Crippen LogP contribution >= 0.6 is 22.9 Å². The van der Waals surface area contributed by atoms with Crippen LogP contribution in [0.25, 0.3) is 0 Å². The van der Waals surface area contributed by atoms with E-state index in [0.29, 0.717) is 21.2 Å². The molecule has 1 aliphatic carbocycles. The standard InChI is InChI=1S/C16H13ClN2O3S/c17-12-6-2-1-4-10(12)15(20)14-11-5-3-7-13(11)23-16(14)18-8-9-19(21)22/h1-2,4,6,8-9,18H,3,5,7H2/b9-8+. The van der Waals surface area contributed by atoms with Gasteiger partial charge in [-0.2, -0.15) is 0 Å². The minimum atomic E-state index is -0.552. The predicted octanol–water partition coefficient (Wildman–Crippen LogP) is 4.28. The number of anilines is 1. The number of nitro groups is 1. The number of nitrogens with one attached hydrogen (secondary N) is 1. The highest BCUT2D eigenvalue weighted by Gasteiger charge is 2.27. The van der Waals surface area contributed by atoms with Gasteiger partial charge in [0.1, 0.15) is 5.00 Å². The molecule has 1 aromatic carbocycles. The summed E-state index contributed by atoms with van der Waals surface area (Å²) in [5.74, 6) is -0.146. The fourth-order valence-corrected chi connectivity index (χ4v) is 4.19. The summed E-state index contributed by atoms with van der Waals surface area (Å²) >= 11 is 7.62. The number of benzene rings is 1. The van der Waals surface area contributed by atoms with Gasteiger partial charge in [0.25, 0.3) is 0 Å². The SMILES string of the molecule is O=C(c1ccccc1Cl)c1c(N/C=C/[N+](=O)[O-])sc2c1CCC2. The van der Waals surface area contributed by atoms with Crippen LogP contribution in [0.2, 0.25) is 5.02 Å². The van der Waals surface area contributed by atoms with Gasteiger partial charge in [-0.3, -0.25) is 14.9 Å². The van der Waals surface area contributed by atoms with E-state index in [-0.39, 0.29) is 5.78 Å². The Kier molecular flexibility index (Phi) is 4.45. The lowest BCUT2D eigenvalue weighted by molar-refractivity contribution is -0.402. The van der Waals surface area contributed by atoms with Gasteiger partial charge in [-0.05, 0) is 37.0 Å². The first-order valence-corrected chi connectivity index (χ1v) is 8.28. The quantitative estimate of drug-likeness (QED) is 0.497. The maximum atomic E-state index is 12.9. The number of aryl methyl sites for hydroxylation is 1. The van der Waals surface area contributed by atoms with E-state index in [1.165, 1.54) is 17.5 Å². The number of ketones is 1. The molecule has 0 fully saturated rings. The number of carbonyl (C=O) groups excluding carboxylic acids is 1. The van der Waals surface area contributed by atoms with Crippen LogP contribution in [0.1, 0.15) is 32.8 Å². The van der Waals surface area contributed by atoms with Crippen LogP contribution in [-0.2, 0) is 12.8 Å². The van der Waals surface area contributed by atoms with Gasteiger partial charge >= 0.3 is 0 Å².